The first-order valence-electron chi connectivity index (χ1n) is 9.01. The van der Waals surface area contributed by atoms with Crippen molar-refractivity contribution in [3.63, 3.8) is 0 Å². The summed E-state index contributed by atoms with van der Waals surface area (Å²) in [6, 6.07) is 9.12. The van der Waals surface area contributed by atoms with Crippen molar-refractivity contribution >= 4 is 34.7 Å². The summed E-state index contributed by atoms with van der Waals surface area (Å²) in [7, 11) is 0. The number of carbonyl (C=O) groups excluding carboxylic acids is 2. The van der Waals surface area contributed by atoms with Crippen molar-refractivity contribution in [2.45, 2.75) is 13.5 Å². The van der Waals surface area contributed by atoms with Crippen LogP contribution in [0.3, 0.4) is 0 Å². The predicted octanol–water partition coefficient (Wildman–Crippen LogP) is 3.96. The number of rotatable bonds is 6. The first-order valence-corrected chi connectivity index (χ1v) is 9.83. The maximum atomic E-state index is 12.8. The number of amides is 2. The summed E-state index contributed by atoms with van der Waals surface area (Å²) in [6.45, 7) is 2.39. The van der Waals surface area contributed by atoms with Crippen molar-refractivity contribution in [1.82, 2.24) is 4.90 Å². The first-order chi connectivity index (χ1) is 14.5. The van der Waals surface area contributed by atoms with E-state index in [1.165, 1.54) is 24.3 Å². The van der Waals surface area contributed by atoms with Gasteiger partial charge in [0.05, 0.1) is 23.0 Å². The van der Waals surface area contributed by atoms with Crippen LogP contribution in [0, 0.1) is 10.1 Å². The number of carbonyl (C=O) groups is 2. The zero-order valence-electron chi connectivity index (χ0n) is 15.8. The quantitative estimate of drug-likeness (QED) is 0.386. The summed E-state index contributed by atoms with van der Waals surface area (Å²) in [5.41, 5.74) is 1.16. The Kier molecular flexibility index (Phi) is 5.32. The summed E-state index contributed by atoms with van der Waals surface area (Å²) in [5, 5.41) is 10.4. The van der Waals surface area contributed by atoms with Crippen molar-refractivity contribution in [2.24, 2.45) is 0 Å². The number of ether oxygens (including phenoxy) is 3. The molecule has 0 radical (unpaired) electrons. The fourth-order valence-electron chi connectivity index (χ4n) is 3.02. The van der Waals surface area contributed by atoms with Gasteiger partial charge < -0.3 is 14.2 Å². The number of fused-ring (bicyclic) bond motifs is 1. The minimum atomic E-state index is -0.506. The van der Waals surface area contributed by atoms with Crippen LogP contribution in [0.1, 0.15) is 18.1 Å². The molecule has 2 aliphatic rings. The Hall–Kier alpha value is -3.53. The molecule has 4 rings (SSSR count). The summed E-state index contributed by atoms with van der Waals surface area (Å²) in [5.74, 6) is 1.17. The van der Waals surface area contributed by atoms with Crippen LogP contribution < -0.4 is 14.2 Å². The first kappa shape index (κ1) is 19.8. The van der Waals surface area contributed by atoms with E-state index in [1.807, 2.05) is 6.92 Å². The van der Waals surface area contributed by atoms with Gasteiger partial charge in [0.25, 0.3) is 16.8 Å². The van der Waals surface area contributed by atoms with Gasteiger partial charge in [-0.25, -0.2) is 0 Å². The second-order valence-corrected chi connectivity index (χ2v) is 7.36. The van der Waals surface area contributed by atoms with Gasteiger partial charge in [0.2, 0.25) is 6.79 Å². The van der Waals surface area contributed by atoms with Crippen LogP contribution in [0.2, 0.25) is 0 Å². The average molecular weight is 428 g/mol. The molecule has 0 saturated carbocycles. The molecule has 9 nitrogen and oxygen atoms in total. The average Bonchev–Trinajstić information content (AvgIpc) is 3.28. The summed E-state index contributed by atoms with van der Waals surface area (Å²) >= 11 is 0.827. The molecule has 2 aliphatic heterocycles. The normalized spacial score (nSPS) is 16.4. The number of hydrogen-bond donors (Lipinski definition) is 0. The number of imide groups is 1. The molecule has 0 bridgehead atoms. The fourth-order valence-corrected chi connectivity index (χ4v) is 3.84. The molecule has 0 aromatic heterocycles. The Balaban J connectivity index is 1.58. The molecule has 2 aromatic rings. The molecule has 0 aliphatic carbocycles. The van der Waals surface area contributed by atoms with Crippen molar-refractivity contribution in [3.8, 4) is 17.2 Å². The molecule has 2 aromatic carbocycles. The van der Waals surface area contributed by atoms with E-state index in [0.717, 1.165) is 16.7 Å². The number of nitro benzene ring substituents is 1. The molecule has 1 fully saturated rings. The van der Waals surface area contributed by atoms with E-state index in [4.69, 9.17) is 14.2 Å². The van der Waals surface area contributed by atoms with E-state index in [-0.39, 0.29) is 23.9 Å². The zero-order valence-corrected chi connectivity index (χ0v) is 16.6. The minimum Gasteiger partial charge on any atom is -0.493 e. The fraction of sp³-hybridized carbons (Fsp3) is 0.200. The van der Waals surface area contributed by atoms with Crippen molar-refractivity contribution in [3.05, 3.63) is 62.5 Å². The molecule has 0 spiro atoms. The van der Waals surface area contributed by atoms with Gasteiger partial charge in [-0.3, -0.25) is 24.6 Å². The van der Waals surface area contributed by atoms with Crippen LogP contribution in [-0.2, 0) is 11.3 Å². The molecule has 2 amide bonds. The zero-order chi connectivity index (χ0) is 21.3. The van der Waals surface area contributed by atoms with E-state index in [9.17, 15) is 19.7 Å². The van der Waals surface area contributed by atoms with E-state index in [1.54, 1.807) is 18.2 Å². The van der Waals surface area contributed by atoms with Crippen LogP contribution in [0.4, 0.5) is 10.5 Å². The number of thioether (sulfide) groups is 1. The third-order valence-corrected chi connectivity index (χ3v) is 5.36. The van der Waals surface area contributed by atoms with Crippen LogP contribution in [0.5, 0.6) is 17.2 Å². The lowest BCUT2D eigenvalue weighted by molar-refractivity contribution is -0.384. The second kappa shape index (κ2) is 8.07. The summed E-state index contributed by atoms with van der Waals surface area (Å²) in [4.78, 5) is 36.8. The van der Waals surface area contributed by atoms with Gasteiger partial charge in [0.15, 0.2) is 11.5 Å². The minimum absolute atomic E-state index is 0.0272. The lowest BCUT2D eigenvalue weighted by Gasteiger charge is -2.12. The van der Waals surface area contributed by atoms with Gasteiger partial charge in [0, 0.05) is 23.8 Å². The summed E-state index contributed by atoms with van der Waals surface area (Å²) in [6.07, 6.45) is 1.59. The SMILES string of the molecule is CCOc1cc2c(cc1/C=C1/SC(=O)N(Cc3ccc([N+](=O)[O-])cc3)C1=O)OCO2. The number of non-ortho nitro benzene ring substituents is 1. The highest BCUT2D eigenvalue weighted by Gasteiger charge is 2.35. The molecule has 0 atom stereocenters. The third-order valence-electron chi connectivity index (χ3n) is 4.45. The van der Waals surface area contributed by atoms with Crippen LogP contribution in [-0.4, -0.2) is 34.4 Å². The lowest BCUT2D eigenvalue weighted by Crippen LogP contribution is -2.27. The molecular formula is C20H16N2O7S. The van der Waals surface area contributed by atoms with E-state index >= 15 is 0 Å². The summed E-state index contributed by atoms with van der Waals surface area (Å²) < 4.78 is 16.4. The molecule has 1 saturated heterocycles. The topological polar surface area (TPSA) is 108 Å². The molecule has 30 heavy (non-hydrogen) atoms. The largest absolute Gasteiger partial charge is 0.493 e. The number of hydrogen-bond acceptors (Lipinski definition) is 8. The Bertz CT molecular complexity index is 1070. The van der Waals surface area contributed by atoms with Gasteiger partial charge in [-0.15, -0.1) is 0 Å². The van der Waals surface area contributed by atoms with Gasteiger partial charge in [-0.1, -0.05) is 12.1 Å². The van der Waals surface area contributed by atoms with Crippen LogP contribution in [0.15, 0.2) is 41.3 Å². The molecule has 154 valence electrons. The van der Waals surface area contributed by atoms with Crippen molar-refractivity contribution in [1.29, 1.82) is 0 Å². The van der Waals surface area contributed by atoms with Crippen molar-refractivity contribution in [2.75, 3.05) is 13.4 Å². The Morgan fingerprint density at radius 2 is 1.90 bits per heavy atom. The number of benzene rings is 2. The van der Waals surface area contributed by atoms with Crippen LogP contribution in [0.25, 0.3) is 6.08 Å². The lowest BCUT2D eigenvalue weighted by atomic mass is 10.1. The highest BCUT2D eigenvalue weighted by Crippen LogP contribution is 2.41. The van der Waals surface area contributed by atoms with Gasteiger partial charge in [-0.2, -0.15) is 0 Å². The maximum Gasteiger partial charge on any atom is 0.293 e. The molecular weight excluding hydrogens is 412 g/mol. The molecule has 0 unspecified atom stereocenters. The third kappa shape index (κ3) is 3.81. The van der Waals surface area contributed by atoms with E-state index < -0.39 is 16.1 Å². The Morgan fingerprint density at radius 3 is 2.57 bits per heavy atom. The number of nitro groups is 1. The monoisotopic (exact) mass is 428 g/mol. The van der Waals surface area contributed by atoms with Crippen LogP contribution >= 0.6 is 11.8 Å². The Labute approximate surface area is 175 Å². The van der Waals surface area contributed by atoms with E-state index in [0.29, 0.717) is 35.0 Å². The standard InChI is InChI=1S/C20H16N2O7S/c1-2-27-15-9-17-16(28-11-29-17)7-13(15)8-18-19(23)21(20(24)30-18)10-12-3-5-14(6-4-12)22(25)26/h3-9H,2,10-11H2,1H3/b18-8+. The highest BCUT2D eigenvalue weighted by molar-refractivity contribution is 8.18. The van der Waals surface area contributed by atoms with Gasteiger partial charge in [0.1, 0.15) is 5.75 Å². The van der Waals surface area contributed by atoms with Gasteiger partial charge in [-0.05, 0) is 36.4 Å². The molecule has 0 N–H and O–H groups in total. The van der Waals surface area contributed by atoms with E-state index in [2.05, 4.69) is 0 Å². The Morgan fingerprint density at radius 1 is 1.20 bits per heavy atom. The molecule has 2 heterocycles. The maximum absolute atomic E-state index is 12.8. The van der Waals surface area contributed by atoms with Crippen molar-refractivity contribution < 1.29 is 28.7 Å². The molecule has 10 heteroatoms. The van der Waals surface area contributed by atoms with Gasteiger partial charge >= 0.3 is 0 Å². The smallest absolute Gasteiger partial charge is 0.293 e. The predicted molar refractivity (Wildman–Crippen MR) is 108 cm³/mol. The number of nitrogens with zero attached hydrogens (tertiary/aromatic N) is 2. The highest BCUT2D eigenvalue weighted by atomic mass is 32.2. The second-order valence-electron chi connectivity index (χ2n) is 6.37.